The van der Waals surface area contributed by atoms with E-state index in [4.69, 9.17) is 10.5 Å². The molecule has 2 rings (SSSR count). The topological polar surface area (TPSA) is 72.6 Å². The molecule has 94 valence electrons. The maximum absolute atomic E-state index is 12.1. The maximum atomic E-state index is 12.1. The van der Waals surface area contributed by atoms with Gasteiger partial charge in [0.25, 0.3) is 0 Å². The molecule has 0 aliphatic carbocycles. The van der Waals surface area contributed by atoms with Gasteiger partial charge in [0.2, 0.25) is 10.0 Å². The van der Waals surface area contributed by atoms with Crippen LogP contribution >= 0.6 is 0 Å². The third-order valence-corrected chi connectivity index (χ3v) is 4.80. The zero-order valence-electron chi connectivity index (χ0n) is 9.67. The van der Waals surface area contributed by atoms with Gasteiger partial charge in [-0.05, 0) is 36.7 Å². The first-order valence-corrected chi connectivity index (χ1v) is 6.86. The molecule has 1 aromatic rings. The number of sulfonamides is 1. The molecule has 1 aliphatic rings. The third-order valence-electron chi connectivity index (χ3n) is 2.95. The Balaban J connectivity index is 2.15. The number of nitrogens with two attached hydrogens (primary N) is 1. The number of benzene rings is 1. The van der Waals surface area contributed by atoms with Crippen LogP contribution in [0.3, 0.4) is 0 Å². The molecule has 1 aliphatic heterocycles. The van der Waals surface area contributed by atoms with Crippen LogP contribution in [0, 0.1) is 5.92 Å². The molecule has 0 bridgehead atoms. The Labute approximate surface area is 101 Å². The smallest absolute Gasteiger partial charge is 0.243 e. The lowest BCUT2D eigenvalue weighted by Crippen LogP contribution is -2.52. The molecule has 5 nitrogen and oxygen atoms in total. The van der Waals surface area contributed by atoms with Crippen molar-refractivity contribution in [2.24, 2.45) is 11.7 Å². The van der Waals surface area contributed by atoms with E-state index < -0.39 is 10.0 Å². The van der Waals surface area contributed by atoms with Crippen LogP contribution in [0.15, 0.2) is 29.2 Å². The standard InChI is InChI=1S/C11H16N2O3S/c1-16-10-2-4-11(5-3-10)17(14,15)13-7-9(6-12)8-13/h2-5,9H,6-8,12H2,1H3. The Morgan fingerprint density at radius 3 is 2.41 bits per heavy atom. The summed E-state index contributed by atoms with van der Waals surface area (Å²) in [6.45, 7) is 1.57. The molecule has 0 aromatic heterocycles. The molecule has 1 aromatic carbocycles. The van der Waals surface area contributed by atoms with Gasteiger partial charge < -0.3 is 10.5 Å². The predicted molar refractivity (Wildman–Crippen MR) is 64.3 cm³/mol. The molecule has 0 spiro atoms. The van der Waals surface area contributed by atoms with Crippen LogP contribution in [0.1, 0.15) is 0 Å². The van der Waals surface area contributed by atoms with Crippen LogP contribution in [0.2, 0.25) is 0 Å². The average Bonchev–Trinajstić information content (AvgIpc) is 2.27. The summed E-state index contributed by atoms with van der Waals surface area (Å²) >= 11 is 0. The number of hydrogen-bond acceptors (Lipinski definition) is 4. The molecular weight excluding hydrogens is 240 g/mol. The van der Waals surface area contributed by atoms with Crippen molar-refractivity contribution in [2.45, 2.75) is 4.90 Å². The van der Waals surface area contributed by atoms with E-state index in [9.17, 15) is 8.42 Å². The molecule has 1 saturated heterocycles. The van der Waals surface area contributed by atoms with Gasteiger partial charge in [-0.2, -0.15) is 4.31 Å². The molecule has 0 saturated carbocycles. The summed E-state index contributed by atoms with van der Waals surface area (Å²) in [5.74, 6) is 0.940. The van der Waals surface area contributed by atoms with Crippen molar-refractivity contribution in [3.05, 3.63) is 24.3 Å². The molecule has 1 heterocycles. The van der Waals surface area contributed by atoms with Crippen LogP contribution in [0.5, 0.6) is 5.75 Å². The molecule has 1 fully saturated rings. The fourth-order valence-electron chi connectivity index (χ4n) is 1.76. The summed E-state index contributed by atoms with van der Waals surface area (Å²) in [5, 5.41) is 0. The monoisotopic (exact) mass is 256 g/mol. The van der Waals surface area contributed by atoms with Gasteiger partial charge in [0, 0.05) is 13.1 Å². The first kappa shape index (κ1) is 12.3. The normalized spacial score (nSPS) is 17.8. The number of ether oxygens (including phenoxy) is 1. The second-order valence-corrected chi connectivity index (χ2v) is 6.04. The Morgan fingerprint density at radius 1 is 1.35 bits per heavy atom. The van der Waals surface area contributed by atoms with Gasteiger partial charge in [-0.25, -0.2) is 8.42 Å². The minimum absolute atomic E-state index is 0.294. The molecule has 2 N–H and O–H groups in total. The van der Waals surface area contributed by atoms with Crippen LogP contribution in [-0.2, 0) is 10.0 Å². The third kappa shape index (κ3) is 2.29. The highest BCUT2D eigenvalue weighted by atomic mass is 32.2. The highest BCUT2D eigenvalue weighted by molar-refractivity contribution is 7.89. The second-order valence-electron chi connectivity index (χ2n) is 4.10. The van der Waals surface area contributed by atoms with Gasteiger partial charge in [-0.1, -0.05) is 0 Å². The van der Waals surface area contributed by atoms with E-state index in [0.29, 0.717) is 36.2 Å². The minimum atomic E-state index is -3.35. The fraction of sp³-hybridized carbons (Fsp3) is 0.455. The fourth-order valence-corrected chi connectivity index (χ4v) is 3.36. The van der Waals surface area contributed by atoms with Gasteiger partial charge >= 0.3 is 0 Å². The molecule has 0 radical (unpaired) electrons. The summed E-state index contributed by atoms with van der Waals surface area (Å²) in [5.41, 5.74) is 5.48. The van der Waals surface area contributed by atoms with Crippen molar-refractivity contribution in [3.63, 3.8) is 0 Å². The minimum Gasteiger partial charge on any atom is -0.497 e. The first-order chi connectivity index (χ1) is 8.07. The molecule has 17 heavy (non-hydrogen) atoms. The van der Waals surface area contributed by atoms with Crippen molar-refractivity contribution >= 4 is 10.0 Å². The van der Waals surface area contributed by atoms with E-state index in [2.05, 4.69) is 0 Å². The Morgan fingerprint density at radius 2 is 1.94 bits per heavy atom. The van der Waals surface area contributed by atoms with Crippen molar-refractivity contribution in [1.29, 1.82) is 0 Å². The van der Waals surface area contributed by atoms with Crippen molar-refractivity contribution in [3.8, 4) is 5.75 Å². The Kier molecular flexibility index (Phi) is 3.37. The van der Waals surface area contributed by atoms with Crippen molar-refractivity contribution in [1.82, 2.24) is 4.31 Å². The lowest BCUT2D eigenvalue weighted by atomic mass is 10.0. The van der Waals surface area contributed by atoms with Crippen molar-refractivity contribution < 1.29 is 13.2 Å². The summed E-state index contributed by atoms with van der Waals surface area (Å²) in [4.78, 5) is 0.300. The van der Waals surface area contributed by atoms with E-state index >= 15 is 0 Å². The molecule has 0 atom stereocenters. The molecule has 0 unspecified atom stereocenters. The number of methoxy groups -OCH3 is 1. The van der Waals surface area contributed by atoms with Gasteiger partial charge in [-0.3, -0.25) is 0 Å². The number of nitrogens with zero attached hydrogens (tertiary/aromatic N) is 1. The quantitative estimate of drug-likeness (QED) is 0.839. The Hall–Kier alpha value is -1.11. The van der Waals surface area contributed by atoms with E-state index in [-0.39, 0.29) is 0 Å². The van der Waals surface area contributed by atoms with E-state index in [1.54, 1.807) is 31.4 Å². The van der Waals surface area contributed by atoms with E-state index in [1.165, 1.54) is 4.31 Å². The highest BCUT2D eigenvalue weighted by Gasteiger charge is 2.35. The Bertz CT molecular complexity index is 478. The first-order valence-electron chi connectivity index (χ1n) is 5.42. The van der Waals surface area contributed by atoms with Crippen molar-refractivity contribution in [2.75, 3.05) is 26.7 Å². The SMILES string of the molecule is COc1ccc(S(=O)(=O)N2CC(CN)C2)cc1. The predicted octanol–water partition coefficient (Wildman–Crippen LogP) is 0.274. The van der Waals surface area contributed by atoms with E-state index in [1.807, 2.05) is 0 Å². The lowest BCUT2D eigenvalue weighted by molar-refractivity contribution is 0.207. The maximum Gasteiger partial charge on any atom is 0.243 e. The zero-order valence-corrected chi connectivity index (χ0v) is 10.5. The molecule has 0 amide bonds. The average molecular weight is 256 g/mol. The van der Waals surface area contributed by atoms with Gasteiger partial charge in [0.15, 0.2) is 0 Å². The summed E-state index contributed by atoms with van der Waals surface area (Å²) in [6, 6.07) is 6.41. The summed E-state index contributed by atoms with van der Waals surface area (Å²) < 4.78 is 30.7. The molecular formula is C11H16N2O3S. The van der Waals surface area contributed by atoms with Crippen LogP contribution in [0.25, 0.3) is 0 Å². The number of hydrogen-bond donors (Lipinski definition) is 1. The van der Waals surface area contributed by atoms with E-state index in [0.717, 1.165) is 0 Å². The summed E-state index contributed by atoms with van der Waals surface area (Å²) in [7, 11) is -1.80. The van der Waals surface area contributed by atoms with Crippen LogP contribution in [0.4, 0.5) is 0 Å². The largest absolute Gasteiger partial charge is 0.497 e. The van der Waals surface area contributed by atoms with Gasteiger partial charge in [-0.15, -0.1) is 0 Å². The van der Waals surface area contributed by atoms with Crippen LogP contribution in [-0.4, -0.2) is 39.5 Å². The lowest BCUT2D eigenvalue weighted by Gasteiger charge is -2.37. The van der Waals surface area contributed by atoms with Gasteiger partial charge in [0.1, 0.15) is 5.75 Å². The molecule has 6 heteroatoms. The zero-order chi connectivity index (χ0) is 12.5. The second kappa shape index (κ2) is 4.64. The van der Waals surface area contributed by atoms with Gasteiger partial charge in [0.05, 0.1) is 12.0 Å². The number of rotatable bonds is 4. The highest BCUT2D eigenvalue weighted by Crippen LogP contribution is 2.25. The van der Waals surface area contributed by atoms with Crippen LogP contribution < -0.4 is 10.5 Å². The summed E-state index contributed by atoms with van der Waals surface area (Å²) in [6.07, 6.45) is 0.